The van der Waals surface area contributed by atoms with Crippen LogP contribution >= 0.6 is 0 Å². The van der Waals surface area contributed by atoms with Crippen molar-refractivity contribution < 1.29 is 13.2 Å². The number of hydrogen-bond acceptors (Lipinski definition) is 7. The predicted octanol–water partition coefficient (Wildman–Crippen LogP) is 4.32. The maximum Gasteiger partial charge on any atom is 0.416 e. The van der Waals surface area contributed by atoms with E-state index in [2.05, 4.69) is 30.3 Å². The van der Waals surface area contributed by atoms with Gasteiger partial charge in [0.05, 0.1) is 11.8 Å². The summed E-state index contributed by atoms with van der Waals surface area (Å²) in [5, 5.41) is 4.13. The molecule has 166 valence electrons. The van der Waals surface area contributed by atoms with Crippen molar-refractivity contribution in [3.8, 4) is 0 Å². The third-order valence-corrected chi connectivity index (χ3v) is 5.51. The lowest BCUT2D eigenvalue weighted by Crippen LogP contribution is -2.34. The summed E-state index contributed by atoms with van der Waals surface area (Å²) in [6.07, 6.45) is 3.96. The van der Waals surface area contributed by atoms with E-state index in [4.69, 9.17) is 4.98 Å². The van der Waals surface area contributed by atoms with Gasteiger partial charge in [-0.1, -0.05) is 12.1 Å². The predicted molar refractivity (Wildman–Crippen MR) is 115 cm³/mol. The molecule has 0 aliphatic carbocycles. The lowest BCUT2D eigenvalue weighted by molar-refractivity contribution is -0.137. The molecule has 0 amide bonds. The molecule has 2 aliphatic heterocycles. The Bertz CT molecular complexity index is 851. The van der Waals surface area contributed by atoms with Gasteiger partial charge in [-0.05, 0) is 56.2 Å². The van der Waals surface area contributed by atoms with Crippen LogP contribution < -0.4 is 15.2 Å². The molecule has 7 nitrogen and oxygen atoms in total. The molecule has 0 atom stereocenters. The Balaban J connectivity index is 1.51. The molecule has 0 spiro atoms. The summed E-state index contributed by atoms with van der Waals surface area (Å²) in [6.45, 7) is 3.66. The van der Waals surface area contributed by atoms with Crippen LogP contribution in [0.2, 0.25) is 0 Å². The summed E-state index contributed by atoms with van der Waals surface area (Å²) in [5.41, 5.74) is 2.68. The molecule has 0 unspecified atom stereocenters. The number of piperidine rings is 2. The van der Waals surface area contributed by atoms with Gasteiger partial charge in [0.1, 0.15) is 0 Å². The van der Waals surface area contributed by atoms with Gasteiger partial charge in [-0.3, -0.25) is 0 Å². The van der Waals surface area contributed by atoms with Gasteiger partial charge in [0.15, 0.2) is 0 Å². The second-order valence-electron chi connectivity index (χ2n) is 7.84. The highest BCUT2D eigenvalue weighted by atomic mass is 19.4. The van der Waals surface area contributed by atoms with Gasteiger partial charge in [-0.15, -0.1) is 0 Å². The summed E-state index contributed by atoms with van der Waals surface area (Å²) in [4.78, 5) is 18.1. The van der Waals surface area contributed by atoms with Crippen LogP contribution in [0.15, 0.2) is 29.4 Å². The number of nitrogens with one attached hydrogen (secondary N) is 1. The van der Waals surface area contributed by atoms with Crippen LogP contribution in [0.3, 0.4) is 0 Å². The fourth-order valence-electron chi connectivity index (χ4n) is 3.80. The molecular weight excluding hydrogens is 407 g/mol. The molecule has 2 fully saturated rings. The van der Waals surface area contributed by atoms with Crippen molar-refractivity contribution in [2.75, 3.05) is 41.4 Å². The first-order chi connectivity index (χ1) is 15.0. The summed E-state index contributed by atoms with van der Waals surface area (Å²) in [5.74, 6) is 1.62. The van der Waals surface area contributed by atoms with Gasteiger partial charge in [0, 0.05) is 26.2 Å². The summed E-state index contributed by atoms with van der Waals surface area (Å²) >= 11 is 0. The van der Waals surface area contributed by atoms with E-state index in [0.29, 0.717) is 23.4 Å². The molecule has 0 bridgehead atoms. The maximum absolute atomic E-state index is 12.7. The minimum atomic E-state index is -4.35. The van der Waals surface area contributed by atoms with Crippen LogP contribution in [-0.4, -0.2) is 47.3 Å². The van der Waals surface area contributed by atoms with E-state index in [1.165, 1.54) is 31.2 Å². The molecule has 1 N–H and O–H groups in total. The Kier molecular flexibility index (Phi) is 6.53. The number of rotatable bonds is 5. The fraction of sp³-hybridized carbons (Fsp3) is 0.524. The summed E-state index contributed by atoms with van der Waals surface area (Å²) in [7, 11) is 0. The second kappa shape index (κ2) is 9.49. The molecule has 3 heterocycles. The van der Waals surface area contributed by atoms with Gasteiger partial charge < -0.3 is 9.80 Å². The van der Waals surface area contributed by atoms with Gasteiger partial charge in [-0.2, -0.15) is 33.2 Å². The SMILES string of the molecule is FC(F)(F)c1ccc(C=NNc2nc(N3CCCCC3)nc(N3CCCCC3)n2)cc1. The lowest BCUT2D eigenvalue weighted by Gasteiger charge is -2.30. The lowest BCUT2D eigenvalue weighted by atomic mass is 10.1. The minimum absolute atomic E-state index is 0.333. The largest absolute Gasteiger partial charge is 0.416 e. The highest BCUT2D eigenvalue weighted by molar-refractivity contribution is 5.80. The number of halogens is 3. The van der Waals surface area contributed by atoms with Crippen molar-refractivity contribution >= 4 is 24.1 Å². The van der Waals surface area contributed by atoms with Crippen molar-refractivity contribution in [3.63, 3.8) is 0 Å². The minimum Gasteiger partial charge on any atom is -0.341 e. The van der Waals surface area contributed by atoms with Crippen LogP contribution in [0.25, 0.3) is 0 Å². The van der Waals surface area contributed by atoms with E-state index in [9.17, 15) is 13.2 Å². The first-order valence-corrected chi connectivity index (χ1v) is 10.7. The van der Waals surface area contributed by atoms with Gasteiger partial charge in [0.2, 0.25) is 17.8 Å². The summed E-state index contributed by atoms with van der Waals surface area (Å²) in [6, 6.07) is 4.82. The van der Waals surface area contributed by atoms with Crippen LogP contribution in [0, 0.1) is 0 Å². The average Bonchev–Trinajstić information content (AvgIpc) is 2.80. The highest BCUT2D eigenvalue weighted by Crippen LogP contribution is 2.29. The molecule has 0 saturated carbocycles. The monoisotopic (exact) mass is 433 g/mol. The number of anilines is 3. The quantitative estimate of drug-likeness (QED) is 0.560. The zero-order chi connectivity index (χ0) is 21.7. The molecule has 31 heavy (non-hydrogen) atoms. The second-order valence-corrected chi connectivity index (χ2v) is 7.84. The van der Waals surface area contributed by atoms with Crippen LogP contribution in [0.5, 0.6) is 0 Å². The molecule has 1 aromatic carbocycles. The first-order valence-electron chi connectivity index (χ1n) is 10.7. The number of alkyl halides is 3. The molecule has 2 aliphatic rings. The van der Waals surface area contributed by atoms with E-state index in [-0.39, 0.29) is 0 Å². The maximum atomic E-state index is 12.7. The van der Waals surface area contributed by atoms with E-state index in [0.717, 1.165) is 64.0 Å². The molecule has 2 saturated heterocycles. The van der Waals surface area contributed by atoms with Crippen molar-refractivity contribution in [1.29, 1.82) is 0 Å². The van der Waals surface area contributed by atoms with Crippen molar-refractivity contribution in [2.24, 2.45) is 5.10 Å². The fourth-order valence-corrected chi connectivity index (χ4v) is 3.80. The average molecular weight is 433 g/mol. The number of nitrogens with zero attached hydrogens (tertiary/aromatic N) is 6. The molecular formula is C21H26F3N7. The van der Waals surface area contributed by atoms with Crippen LogP contribution in [0.1, 0.15) is 49.7 Å². The third-order valence-electron chi connectivity index (χ3n) is 5.51. The Morgan fingerprint density at radius 1 is 0.774 bits per heavy atom. The zero-order valence-electron chi connectivity index (χ0n) is 17.3. The van der Waals surface area contributed by atoms with E-state index in [1.807, 2.05) is 0 Å². The first kappa shape index (κ1) is 21.3. The Morgan fingerprint density at radius 2 is 1.29 bits per heavy atom. The van der Waals surface area contributed by atoms with Crippen molar-refractivity contribution in [3.05, 3.63) is 35.4 Å². The van der Waals surface area contributed by atoms with E-state index in [1.54, 1.807) is 0 Å². The van der Waals surface area contributed by atoms with Crippen molar-refractivity contribution in [2.45, 2.75) is 44.7 Å². The Labute approximate surface area is 179 Å². The standard InChI is InChI=1S/C21H26F3N7/c22-21(23,24)17-9-7-16(8-10-17)15-25-29-18-26-19(30-11-3-1-4-12-30)28-20(27-18)31-13-5-2-6-14-31/h7-10,15H,1-6,11-14H2,(H,26,27,28,29). The topological polar surface area (TPSA) is 69.5 Å². The number of aromatic nitrogens is 3. The van der Waals surface area contributed by atoms with E-state index >= 15 is 0 Å². The Hall–Kier alpha value is -2.91. The highest BCUT2D eigenvalue weighted by Gasteiger charge is 2.29. The third kappa shape index (κ3) is 5.62. The van der Waals surface area contributed by atoms with Gasteiger partial charge in [0.25, 0.3) is 0 Å². The van der Waals surface area contributed by atoms with Crippen molar-refractivity contribution in [1.82, 2.24) is 15.0 Å². The summed E-state index contributed by atoms with van der Waals surface area (Å²) < 4.78 is 38.1. The molecule has 4 rings (SSSR count). The smallest absolute Gasteiger partial charge is 0.341 e. The van der Waals surface area contributed by atoms with Crippen LogP contribution in [0.4, 0.5) is 31.0 Å². The molecule has 1 aromatic heterocycles. The zero-order valence-corrected chi connectivity index (χ0v) is 17.3. The number of hydrazone groups is 1. The molecule has 0 radical (unpaired) electrons. The van der Waals surface area contributed by atoms with E-state index < -0.39 is 11.7 Å². The number of hydrogen-bond donors (Lipinski definition) is 1. The molecule has 2 aromatic rings. The number of benzene rings is 1. The van der Waals surface area contributed by atoms with Crippen LogP contribution in [-0.2, 0) is 6.18 Å². The van der Waals surface area contributed by atoms with Gasteiger partial charge >= 0.3 is 6.18 Å². The molecule has 10 heteroatoms. The Morgan fingerprint density at radius 3 is 1.77 bits per heavy atom. The normalized spacial score (nSPS) is 17.9. The van der Waals surface area contributed by atoms with Gasteiger partial charge in [-0.25, -0.2) is 5.43 Å².